The molecular weight excluding hydrogens is 455 g/mol. The average molecular weight is 478 g/mol. The third kappa shape index (κ3) is 5.91. The molecule has 2 aromatic carbocycles. The van der Waals surface area contributed by atoms with Crippen molar-refractivity contribution in [1.82, 2.24) is 10.1 Å². The van der Waals surface area contributed by atoms with Crippen molar-refractivity contribution in [2.24, 2.45) is 0 Å². The van der Waals surface area contributed by atoms with E-state index >= 15 is 0 Å². The van der Waals surface area contributed by atoms with Crippen LogP contribution in [-0.4, -0.2) is 28.6 Å². The van der Waals surface area contributed by atoms with E-state index in [1.54, 1.807) is 6.92 Å². The fraction of sp³-hybridized carbons (Fsp3) is 0.200. The number of rotatable bonds is 9. The van der Waals surface area contributed by atoms with Crippen LogP contribution in [0.25, 0.3) is 11.4 Å². The molecule has 9 nitrogen and oxygen atoms in total. The van der Waals surface area contributed by atoms with E-state index in [9.17, 15) is 14.0 Å². The van der Waals surface area contributed by atoms with Crippen LogP contribution in [0.2, 0.25) is 0 Å². The van der Waals surface area contributed by atoms with E-state index in [1.807, 2.05) is 31.2 Å². The summed E-state index contributed by atoms with van der Waals surface area (Å²) in [5, 5.41) is 9.12. The maximum absolute atomic E-state index is 14.2. The Bertz CT molecular complexity index is 1330. The van der Waals surface area contributed by atoms with Crippen molar-refractivity contribution in [1.29, 1.82) is 0 Å². The third-order valence-electron chi connectivity index (χ3n) is 5.06. The number of furan rings is 1. The van der Waals surface area contributed by atoms with Crippen molar-refractivity contribution in [3.8, 4) is 17.1 Å². The molecule has 0 spiro atoms. The summed E-state index contributed by atoms with van der Waals surface area (Å²) in [7, 11) is 0. The van der Waals surface area contributed by atoms with Crippen molar-refractivity contribution in [2.45, 2.75) is 26.7 Å². The van der Waals surface area contributed by atoms with Gasteiger partial charge in [0.2, 0.25) is 17.6 Å². The highest BCUT2D eigenvalue weighted by Crippen LogP contribution is 2.23. The topological polar surface area (TPSA) is 119 Å². The molecule has 0 saturated heterocycles. The molecule has 0 radical (unpaired) electrons. The summed E-state index contributed by atoms with van der Waals surface area (Å²) >= 11 is 0. The van der Waals surface area contributed by atoms with Crippen molar-refractivity contribution in [3.05, 3.63) is 77.8 Å². The van der Waals surface area contributed by atoms with Gasteiger partial charge in [-0.05, 0) is 62.4 Å². The molecule has 10 heteroatoms. The summed E-state index contributed by atoms with van der Waals surface area (Å²) in [4.78, 5) is 29.1. The molecule has 0 atom stereocenters. The first-order valence-corrected chi connectivity index (χ1v) is 10.9. The van der Waals surface area contributed by atoms with Gasteiger partial charge in [-0.2, -0.15) is 4.98 Å². The predicted molar refractivity (Wildman–Crippen MR) is 126 cm³/mol. The number of halogens is 1. The number of carbonyl (C=O) groups excluding carboxylic acids is 2. The summed E-state index contributed by atoms with van der Waals surface area (Å²) in [6.07, 6.45) is 1.67. The molecule has 2 aromatic heterocycles. The minimum absolute atomic E-state index is 0.0645. The summed E-state index contributed by atoms with van der Waals surface area (Å²) in [6.45, 7) is 4.12. The molecule has 0 aliphatic carbocycles. The lowest BCUT2D eigenvalue weighted by Crippen LogP contribution is -2.15. The molecule has 2 heterocycles. The SMILES string of the molecule is CCOc1ccc(-c2noc(CCC(=O)Nc3ccc(F)c(NC(=O)c4ccoc4C)c3)n2)cc1. The molecule has 4 rings (SSSR count). The van der Waals surface area contributed by atoms with Crippen LogP contribution in [0.5, 0.6) is 5.75 Å². The smallest absolute Gasteiger partial charge is 0.259 e. The Morgan fingerprint density at radius 2 is 1.89 bits per heavy atom. The first-order valence-electron chi connectivity index (χ1n) is 10.9. The maximum Gasteiger partial charge on any atom is 0.259 e. The highest BCUT2D eigenvalue weighted by Gasteiger charge is 2.15. The van der Waals surface area contributed by atoms with E-state index in [0.29, 0.717) is 35.3 Å². The zero-order chi connectivity index (χ0) is 24.8. The lowest BCUT2D eigenvalue weighted by Gasteiger charge is -2.09. The fourth-order valence-electron chi connectivity index (χ4n) is 3.29. The number of hydrogen-bond acceptors (Lipinski definition) is 7. The molecule has 2 amide bonds. The second kappa shape index (κ2) is 10.6. The van der Waals surface area contributed by atoms with Gasteiger partial charge in [0.1, 0.15) is 17.3 Å². The van der Waals surface area contributed by atoms with Crippen molar-refractivity contribution in [3.63, 3.8) is 0 Å². The van der Waals surface area contributed by atoms with Gasteiger partial charge in [-0.3, -0.25) is 9.59 Å². The van der Waals surface area contributed by atoms with Crippen LogP contribution >= 0.6 is 0 Å². The Morgan fingerprint density at radius 1 is 1.09 bits per heavy atom. The van der Waals surface area contributed by atoms with E-state index in [0.717, 1.165) is 17.4 Å². The zero-order valence-corrected chi connectivity index (χ0v) is 19.1. The highest BCUT2D eigenvalue weighted by molar-refractivity contribution is 6.05. The van der Waals surface area contributed by atoms with E-state index in [-0.39, 0.29) is 24.4 Å². The zero-order valence-electron chi connectivity index (χ0n) is 19.1. The van der Waals surface area contributed by atoms with Gasteiger partial charge in [0.25, 0.3) is 5.91 Å². The fourth-order valence-corrected chi connectivity index (χ4v) is 3.29. The van der Waals surface area contributed by atoms with E-state index in [2.05, 4.69) is 20.8 Å². The molecule has 4 aromatic rings. The highest BCUT2D eigenvalue weighted by atomic mass is 19.1. The van der Waals surface area contributed by atoms with Gasteiger partial charge in [-0.25, -0.2) is 4.39 Å². The Morgan fingerprint density at radius 3 is 2.60 bits per heavy atom. The number of hydrogen-bond donors (Lipinski definition) is 2. The normalized spacial score (nSPS) is 10.7. The molecule has 0 saturated carbocycles. The molecule has 0 unspecified atom stereocenters. The Balaban J connectivity index is 1.33. The van der Waals surface area contributed by atoms with Crippen LogP contribution < -0.4 is 15.4 Å². The van der Waals surface area contributed by atoms with Gasteiger partial charge >= 0.3 is 0 Å². The van der Waals surface area contributed by atoms with Crippen LogP contribution in [0.3, 0.4) is 0 Å². The summed E-state index contributed by atoms with van der Waals surface area (Å²) in [5.74, 6) is 0.404. The van der Waals surface area contributed by atoms with Crippen LogP contribution in [0, 0.1) is 12.7 Å². The molecule has 180 valence electrons. The van der Waals surface area contributed by atoms with Gasteiger partial charge in [0.05, 0.1) is 24.1 Å². The number of benzene rings is 2. The lowest BCUT2D eigenvalue weighted by molar-refractivity contribution is -0.116. The number of nitrogens with zero attached hydrogens (tertiary/aromatic N) is 2. The number of aryl methyl sites for hydroxylation is 2. The van der Waals surface area contributed by atoms with Gasteiger partial charge in [0, 0.05) is 24.1 Å². The standard InChI is InChI=1S/C25H23FN4O5/c1-3-33-18-7-4-16(5-8-18)24-29-23(35-30-24)11-10-22(31)27-17-6-9-20(26)21(14-17)28-25(32)19-12-13-34-15(19)2/h4-9,12-14H,3,10-11H2,1-2H3,(H,27,31)(H,28,32). The minimum Gasteiger partial charge on any atom is -0.494 e. The van der Waals surface area contributed by atoms with Crippen LogP contribution in [0.4, 0.5) is 15.8 Å². The van der Waals surface area contributed by atoms with Gasteiger partial charge in [-0.1, -0.05) is 5.16 Å². The quantitative estimate of drug-likeness (QED) is 0.347. The van der Waals surface area contributed by atoms with Crippen molar-refractivity contribution in [2.75, 3.05) is 17.2 Å². The minimum atomic E-state index is -0.634. The number of carbonyl (C=O) groups is 2. The number of ether oxygens (including phenoxy) is 1. The maximum atomic E-state index is 14.2. The summed E-state index contributed by atoms with van der Waals surface area (Å²) < 4.78 is 30.0. The number of aromatic nitrogens is 2. The van der Waals surface area contributed by atoms with Gasteiger partial charge < -0.3 is 24.3 Å². The number of anilines is 2. The van der Waals surface area contributed by atoms with E-state index in [1.165, 1.54) is 24.5 Å². The predicted octanol–water partition coefficient (Wildman–Crippen LogP) is 5.00. The number of amides is 2. The van der Waals surface area contributed by atoms with Crippen LogP contribution in [-0.2, 0) is 11.2 Å². The first kappa shape index (κ1) is 23.7. The molecule has 0 fully saturated rings. The third-order valence-corrected chi connectivity index (χ3v) is 5.06. The van der Waals surface area contributed by atoms with Gasteiger partial charge in [-0.15, -0.1) is 0 Å². The average Bonchev–Trinajstić information content (AvgIpc) is 3.50. The first-order chi connectivity index (χ1) is 16.9. The van der Waals surface area contributed by atoms with Gasteiger partial charge in [0.15, 0.2) is 0 Å². The molecule has 0 bridgehead atoms. The van der Waals surface area contributed by atoms with Crippen LogP contribution in [0.1, 0.15) is 35.4 Å². The largest absolute Gasteiger partial charge is 0.494 e. The molecule has 2 N–H and O–H groups in total. The molecule has 0 aliphatic rings. The monoisotopic (exact) mass is 478 g/mol. The molecular formula is C25H23FN4O5. The van der Waals surface area contributed by atoms with Crippen LogP contribution in [0.15, 0.2) is 63.7 Å². The Hall–Kier alpha value is -4.47. The Kier molecular flexibility index (Phi) is 7.20. The number of nitrogens with one attached hydrogen (secondary N) is 2. The lowest BCUT2D eigenvalue weighted by atomic mass is 10.2. The van der Waals surface area contributed by atoms with Crippen molar-refractivity contribution >= 4 is 23.2 Å². The second-order valence-electron chi connectivity index (χ2n) is 7.56. The van der Waals surface area contributed by atoms with E-state index in [4.69, 9.17) is 13.7 Å². The molecule has 0 aliphatic heterocycles. The summed E-state index contributed by atoms with van der Waals surface area (Å²) in [5.41, 5.74) is 1.32. The summed E-state index contributed by atoms with van der Waals surface area (Å²) in [6, 6.07) is 12.7. The van der Waals surface area contributed by atoms with Crippen molar-refractivity contribution < 1.29 is 27.7 Å². The molecule has 35 heavy (non-hydrogen) atoms. The second-order valence-corrected chi connectivity index (χ2v) is 7.56. The Labute approximate surface area is 200 Å². The van der Waals surface area contributed by atoms with E-state index < -0.39 is 11.7 Å².